The molecule has 0 radical (unpaired) electrons. The number of allylic oxidation sites excluding steroid dienone is 2. The Kier molecular flexibility index (Phi) is 3.32. The maximum atomic E-state index is 3.49. The minimum Gasteiger partial charge on any atom is -0.387 e. The zero-order valence-electron chi connectivity index (χ0n) is 11.0. The third-order valence-electron chi connectivity index (χ3n) is 2.76. The number of hydrogen-bond donors (Lipinski definition) is 1. The molecule has 0 aromatic rings. The van der Waals surface area contributed by atoms with Crippen LogP contribution in [0.3, 0.4) is 0 Å². The normalized spacial score (nSPS) is 23.1. The van der Waals surface area contributed by atoms with E-state index in [0.717, 1.165) is 6.54 Å². The van der Waals surface area contributed by atoms with E-state index in [1.807, 2.05) is 0 Å². The standard InChI is InChI=1S/C14H25N/c1-11-9-12(15-10-11)14(5,6)8-7-13(2,3)4/h7-9,11,15H,10H2,1-6H3/b8-7+. The fourth-order valence-corrected chi connectivity index (χ4v) is 1.66. The van der Waals surface area contributed by atoms with Crippen LogP contribution in [0, 0.1) is 16.7 Å². The van der Waals surface area contributed by atoms with Crippen molar-refractivity contribution in [3.05, 3.63) is 23.9 Å². The van der Waals surface area contributed by atoms with E-state index in [4.69, 9.17) is 0 Å². The van der Waals surface area contributed by atoms with Gasteiger partial charge in [0.1, 0.15) is 0 Å². The smallest absolute Gasteiger partial charge is 0.0220 e. The highest BCUT2D eigenvalue weighted by Crippen LogP contribution is 2.31. The van der Waals surface area contributed by atoms with E-state index in [-0.39, 0.29) is 10.8 Å². The van der Waals surface area contributed by atoms with E-state index >= 15 is 0 Å². The van der Waals surface area contributed by atoms with Crippen LogP contribution in [0.4, 0.5) is 0 Å². The van der Waals surface area contributed by atoms with Gasteiger partial charge >= 0.3 is 0 Å². The van der Waals surface area contributed by atoms with Gasteiger partial charge in [0.15, 0.2) is 0 Å². The first kappa shape index (κ1) is 12.4. The molecule has 1 heterocycles. The number of nitrogens with one attached hydrogen (secondary N) is 1. The molecule has 0 aromatic carbocycles. The molecule has 1 aliphatic heterocycles. The topological polar surface area (TPSA) is 12.0 Å². The summed E-state index contributed by atoms with van der Waals surface area (Å²) in [6.45, 7) is 14.6. The van der Waals surface area contributed by atoms with Gasteiger partial charge in [-0.1, -0.05) is 59.8 Å². The lowest BCUT2D eigenvalue weighted by atomic mass is 9.85. The molecule has 0 spiro atoms. The molecule has 0 saturated heterocycles. The summed E-state index contributed by atoms with van der Waals surface area (Å²) in [7, 11) is 0. The minimum absolute atomic E-state index is 0.137. The summed E-state index contributed by atoms with van der Waals surface area (Å²) in [6, 6.07) is 0. The van der Waals surface area contributed by atoms with Crippen LogP contribution in [0.15, 0.2) is 23.9 Å². The lowest BCUT2D eigenvalue weighted by Gasteiger charge is -2.24. The summed E-state index contributed by atoms with van der Waals surface area (Å²) in [5.41, 5.74) is 1.77. The van der Waals surface area contributed by atoms with Gasteiger partial charge in [0.25, 0.3) is 0 Å². The number of hydrogen-bond acceptors (Lipinski definition) is 1. The first-order chi connectivity index (χ1) is 6.71. The van der Waals surface area contributed by atoms with Gasteiger partial charge in [0, 0.05) is 17.7 Å². The highest BCUT2D eigenvalue weighted by Gasteiger charge is 2.24. The predicted molar refractivity (Wildman–Crippen MR) is 67.6 cm³/mol. The van der Waals surface area contributed by atoms with Gasteiger partial charge in [-0.15, -0.1) is 0 Å². The van der Waals surface area contributed by atoms with E-state index in [2.05, 4.69) is 65.1 Å². The van der Waals surface area contributed by atoms with Gasteiger partial charge < -0.3 is 5.32 Å². The maximum Gasteiger partial charge on any atom is 0.0220 e. The molecule has 1 aliphatic rings. The Labute approximate surface area is 94.6 Å². The van der Waals surface area contributed by atoms with Crippen molar-refractivity contribution >= 4 is 0 Å². The molecule has 0 saturated carbocycles. The Hall–Kier alpha value is -0.720. The minimum atomic E-state index is 0.137. The van der Waals surface area contributed by atoms with Gasteiger partial charge in [-0.05, 0) is 11.3 Å². The van der Waals surface area contributed by atoms with E-state index in [9.17, 15) is 0 Å². The average Bonchev–Trinajstić information content (AvgIpc) is 2.48. The van der Waals surface area contributed by atoms with Gasteiger partial charge in [-0.3, -0.25) is 0 Å². The van der Waals surface area contributed by atoms with Gasteiger partial charge in [-0.25, -0.2) is 0 Å². The van der Waals surface area contributed by atoms with Crippen LogP contribution in [-0.2, 0) is 0 Å². The van der Waals surface area contributed by atoms with Crippen LogP contribution in [0.5, 0.6) is 0 Å². The van der Waals surface area contributed by atoms with Crippen molar-refractivity contribution in [2.45, 2.75) is 41.5 Å². The van der Waals surface area contributed by atoms with Crippen molar-refractivity contribution in [2.75, 3.05) is 6.54 Å². The zero-order chi connectivity index (χ0) is 11.7. The van der Waals surface area contributed by atoms with Gasteiger partial charge in [0.2, 0.25) is 0 Å². The summed E-state index contributed by atoms with van der Waals surface area (Å²) >= 11 is 0. The van der Waals surface area contributed by atoms with Crippen LogP contribution in [0.2, 0.25) is 0 Å². The molecule has 0 bridgehead atoms. The Morgan fingerprint density at radius 2 is 1.80 bits per heavy atom. The average molecular weight is 207 g/mol. The van der Waals surface area contributed by atoms with Crippen LogP contribution in [0.1, 0.15) is 41.5 Å². The number of rotatable bonds is 2. The van der Waals surface area contributed by atoms with E-state index in [0.29, 0.717) is 5.92 Å². The zero-order valence-corrected chi connectivity index (χ0v) is 11.0. The predicted octanol–water partition coefficient (Wildman–Crippen LogP) is 3.74. The van der Waals surface area contributed by atoms with Crippen LogP contribution in [0.25, 0.3) is 0 Å². The second-order valence-corrected chi connectivity index (χ2v) is 6.36. The lowest BCUT2D eigenvalue weighted by Crippen LogP contribution is -2.22. The van der Waals surface area contributed by atoms with Crippen molar-refractivity contribution in [2.24, 2.45) is 16.7 Å². The molecule has 1 rings (SSSR count). The quantitative estimate of drug-likeness (QED) is 0.680. The maximum absolute atomic E-state index is 3.49. The fourth-order valence-electron chi connectivity index (χ4n) is 1.66. The van der Waals surface area contributed by atoms with Crippen LogP contribution < -0.4 is 5.32 Å². The molecule has 1 heteroatoms. The lowest BCUT2D eigenvalue weighted by molar-refractivity contribution is 0.502. The van der Waals surface area contributed by atoms with Gasteiger partial charge in [0.05, 0.1) is 0 Å². The molecule has 15 heavy (non-hydrogen) atoms. The molecule has 1 unspecified atom stereocenters. The molecular formula is C14H25N. The van der Waals surface area contributed by atoms with Crippen molar-refractivity contribution in [1.82, 2.24) is 5.32 Å². The molecule has 0 aromatic heterocycles. The Morgan fingerprint density at radius 3 is 2.20 bits per heavy atom. The highest BCUT2D eigenvalue weighted by molar-refractivity contribution is 5.23. The van der Waals surface area contributed by atoms with E-state index in [1.165, 1.54) is 5.70 Å². The molecule has 0 fully saturated rings. The first-order valence-electron chi connectivity index (χ1n) is 5.87. The largest absolute Gasteiger partial charge is 0.387 e. The summed E-state index contributed by atoms with van der Waals surface area (Å²) in [5.74, 6) is 0.669. The Morgan fingerprint density at radius 1 is 1.20 bits per heavy atom. The molecule has 1 N–H and O–H groups in total. The fraction of sp³-hybridized carbons (Fsp3) is 0.714. The van der Waals surface area contributed by atoms with Gasteiger partial charge in [-0.2, -0.15) is 0 Å². The first-order valence-corrected chi connectivity index (χ1v) is 5.87. The monoisotopic (exact) mass is 207 g/mol. The summed E-state index contributed by atoms with van der Waals surface area (Å²) in [4.78, 5) is 0. The molecule has 0 amide bonds. The second kappa shape index (κ2) is 4.03. The highest BCUT2D eigenvalue weighted by atomic mass is 14.9. The van der Waals surface area contributed by atoms with Crippen molar-refractivity contribution in [1.29, 1.82) is 0 Å². The SMILES string of the molecule is CC1C=C(C(C)(C)/C=C/C(C)(C)C)NC1. The summed E-state index contributed by atoms with van der Waals surface area (Å²) < 4.78 is 0. The molecule has 86 valence electrons. The molecule has 1 nitrogen and oxygen atoms in total. The molecule has 1 atom stereocenters. The summed E-state index contributed by atoms with van der Waals surface area (Å²) in [5, 5.41) is 3.49. The van der Waals surface area contributed by atoms with E-state index in [1.54, 1.807) is 0 Å². The molecule has 0 aliphatic carbocycles. The second-order valence-electron chi connectivity index (χ2n) is 6.36. The molecular weight excluding hydrogens is 182 g/mol. The van der Waals surface area contributed by atoms with Crippen molar-refractivity contribution < 1.29 is 0 Å². The third-order valence-corrected chi connectivity index (χ3v) is 2.76. The van der Waals surface area contributed by atoms with Crippen LogP contribution >= 0.6 is 0 Å². The van der Waals surface area contributed by atoms with Crippen molar-refractivity contribution in [3.63, 3.8) is 0 Å². The van der Waals surface area contributed by atoms with Crippen molar-refractivity contribution in [3.8, 4) is 0 Å². The Balaban J connectivity index is 2.75. The van der Waals surface area contributed by atoms with Crippen LogP contribution in [-0.4, -0.2) is 6.54 Å². The Bertz CT molecular complexity index is 276. The van der Waals surface area contributed by atoms with E-state index < -0.39 is 0 Å². The summed E-state index contributed by atoms with van der Waals surface area (Å²) in [6.07, 6.45) is 6.98. The third kappa shape index (κ3) is 3.73.